The number of allylic oxidation sites excluding steroid dienone is 22. The molecule has 0 aliphatic rings. The molecular weight excluding hydrogens is 1010 g/mol. The van der Waals surface area contributed by atoms with Crippen molar-refractivity contribution in [3.63, 3.8) is 0 Å². The number of hydrogen-bond donors (Lipinski definition) is 0. The van der Waals surface area contributed by atoms with Gasteiger partial charge in [-0.25, -0.2) is 0 Å². The van der Waals surface area contributed by atoms with Crippen LogP contribution in [0.3, 0.4) is 0 Å². The van der Waals surface area contributed by atoms with E-state index in [-0.39, 0.29) is 38.6 Å². The summed E-state index contributed by atoms with van der Waals surface area (Å²) in [7, 11) is 5.91. The Kier molecular flexibility index (Phi) is 58.0. The van der Waals surface area contributed by atoms with E-state index in [9.17, 15) is 19.5 Å². The van der Waals surface area contributed by atoms with Gasteiger partial charge in [-0.15, -0.1) is 0 Å². The van der Waals surface area contributed by atoms with Crippen LogP contribution in [0.1, 0.15) is 245 Å². The van der Waals surface area contributed by atoms with E-state index in [2.05, 4.69) is 148 Å². The van der Waals surface area contributed by atoms with Crippen LogP contribution in [0.15, 0.2) is 134 Å². The minimum absolute atomic E-state index is 0.138. The summed E-state index contributed by atoms with van der Waals surface area (Å²) in [6, 6.07) is 0. The van der Waals surface area contributed by atoms with Gasteiger partial charge < -0.3 is 33.3 Å². The second kappa shape index (κ2) is 61.5. The van der Waals surface area contributed by atoms with E-state index in [0.717, 1.165) is 122 Å². The highest BCUT2D eigenvalue weighted by Gasteiger charge is 2.22. The summed E-state index contributed by atoms with van der Waals surface area (Å²) in [5.41, 5.74) is 0. The highest BCUT2D eigenvalue weighted by Crippen LogP contribution is 2.15. The summed E-state index contributed by atoms with van der Waals surface area (Å²) in [4.78, 5) is 37.4. The molecule has 460 valence electrons. The highest BCUT2D eigenvalue weighted by atomic mass is 16.7. The zero-order valence-electron chi connectivity index (χ0n) is 52.4. The lowest BCUT2D eigenvalue weighted by atomic mass is 10.1. The van der Waals surface area contributed by atoms with Gasteiger partial charge in [0.25, 0.3) is 0 Å². The van der Waals surface area contributed by atoms with Crippen LogP contribution in [-0.2, 0) is 33.3 Å². The van der Waals surface area contributed by atoms with Crippen LogP contribution < -0.4 is 5.11 Å². The normalized spacial score (nSPS) is 13.6. The smallest absolute Gasteiger partial charge is 0.306 e. The maximum Gasteiger partial charge on any atom is 0.306 e. The van der Waals surface area contributed by atoms with E-state index in [1.807, 2.05) is 21.1 Å². The van der Waals surface area contributed by atoms with Gasteiger partial charge in [0.05, 0.1) is 40.3 Å². The van der Waals surface area contributed by atoms with Gasteiger partial charge >= 0.3 is 11.9 Å². The van der Waals surface area contributed by atoms with Crippen LogP contribution in [0.4, 0.5) is 0 Å². The molecule has 0 aliphatic heterocycles. The molecule has 2 atom stereocenters. The highest BCUT2D eigenvalue weighted by molar-refractivity contribution is 5.70. The van der Waals surface area contributed by atoms with Crippen molar-refractivity contribution in [3.05, 3.63) is 134 Å². The molecule has 0 N–H and O–H groups in total. The standard InChI is InChI=1S/C72H119NO8/c1-6-8-10-12-14-16-18-20-22-24-26-28-29-30-31-32-33-34-35-36-37-38-39-40-41-43-45-47-49-51-53-55-57-59-61-63-70(75)81-68(67-80-72(71(76)77)78-65-64-73(3,4)5)66-79-69(74)62-60-58-56-54-52-50-48-46-44-42-27-25-23-21-19-17-15-13-11-9-7-2/h8,10,14,16,19-22,25-28,30-31,33-34,36-37,39-40,43,45,68,72H,6-7,9,11-13,15,17-18,23-24,29,32,35,38,41-42,44,46-67H2,1-5H3/b10-8-,16-14-,21-19-,22-20-,27-25-,28-26-,31-30-,34-33-,37-36-,40-39-,45-43-. The molecule has 0 aliphatic carbocycles. The number of unbranched alkanes of at least 4 members (excludes halogenated alkanes) is 21. The summed E-state index contributed by atoms with van der Waals surface area (Å²) in [5, 5.41) is 11.8. The first-order chi connectivity index (χ1) is 39.6. The maximum atomic E-state index is 12.9. The fraction of sp³-hybridized carbons (Fsp3) is 0.653. The molecule has 2 unspecified atom stereocenters. The van der Waals surface area contributed by atoms with Crippen molar-refractivity contribution in [1.82, 2.24) is 0 Å². The number of hydrogen-bond acceptors (Lipinski definition) is 8. The van der Waals surface area contributed by atoms with Crippen molar-refractivity contribution < 1.29 is 42.9 Å². The molecule has 0 saturated carbocycles. The average molecular weight is 1130 g/mol. The van der Waals surface area contributed by atoms with Crippen molar-refractivity contribution in [2.24, 2.45) is 0 Å². The van der Waals surface area contributed by atoms with Crippen molar-refractivity contribution in [1.29, 1.82) is 0 Å². The quantitative estimate of drug-likeness (QED) is 0.0195. The third-order valence-electron chi connectivity index (χ3n) is 13.4. The number of ether oxygens (including phenoxy) is 4. The minimum Gasteiger partial charge on any atom is -0.545 e. The zero-order valence-corrected chi connectivity index (χ0v) is 52.4. The molecule has 0 aromatic carbocycles. The monoisotopic (exact) mass is 1130 g/mol. The fourth-order valence-corrected chi connectivity index (χ4v) is 8.44. The summed E-state index contributed by atoms with van der Waals surface area (Å²) < 4.78 is 22.7. The second-order valence-electron chi connectivity index (χ2n) is 22.3. The van der Waals surface area contributed by atoms with Gasteiger partial charge in [-0.3, -0.25) is 9.59 Å². The number of esters is 2. The minimum atomic E-state index is -1.63. The van der Waals surface area contributed by atoms with Gasteiger partial charge in [-0.05, 0) is 116 Å². The predicted molar refractivity (Wildman–Crippen MR) is 343 cm³/mol. The third-order valence-corrected chi connectivity index (χ3v) is 13.4. The molecule has 0 fully saturated rings. The van der Waals surface area contributed by atoms with E-state index >= 15 is 0 Å². The number of nitrogens with zero attached hydrogens (tertiary/aromatic N) is 1. The molecule has 9 nitrogen and oxygen atoms in total. The van der Waals surface area contributed by atoms with E-state index in [1.165, 1.54) is 89.9 Å². The van der Waals surface area contributed by atoms with E-state index in [4.69, 9.17) is 18.9 Å². The number of carbonyl (C=O) groups excluding carboxylic acids is 3. The van der Waals surface area contributed by atoms with Crippen LogP contribution in [0, 0.1) is 0 Å². The van der Waals surface area contributed by atoms with Crippen molar-refractivity contribution in [2.75, 3.05) is 47.5 Å². The Morgan fingerprint density at radius 2 is 0.704 bits per heavy atom. The summed E-state index contributed by atoms with van der Waals surface area (Å²) in [5.74, 6) is -2.31. The van der Waals surface area contributed by atoms with Gasteiger partial charge in [0.1, 0.15) is 13.2 Å². The molecule has 0 radical (unpaired) electrons. The summed E-state index contributed by atoms with van der Waals surface area (Å²) in [6.07, 6.45) is 85.0. The predicted octanol–water partition coefficient (Wildman–Crippen LogP) is 18.5. The number of likely N-dealkylation sites (N-methyl/N-ethyl adjacent to an activating group) is 1. The molecule has 0 spiro atoms. The largest absolute Gasteiger partial charge is 0.545 e. The van der Waals surface area contributed by atoms with Gasteiger partial charge in [-0.1, -0.05) is 250 Å². The first kappa shape index (κ1) is 76.4. The summed E-state index contributed by atoms with van der Waals surface area (Å²) >= 11 is 0. The lowest BCUT2D eigenvalue weighted by molar-refractivity contribution is -0.870. The molecule has 0 amide bonds. The lowest BCUT2D eigenvalue weighted by Gasteiger charge is -2.26. The van der Waals surface area contributed by atoms with Crippen LogP contribution in [-0.4, -0.2) is 82.3 Å². The number of quaternary nitrogens is 1. The third kappa shape index (κ3) is 62.9. The summed E-state index contributed by atoms with van der Waals surface area (Å²) in [6.45, 7) is 4.60. The molecule has 0 saturated heterocycles. The number of aliphatic carboxylic acids is 1. The molecule has 0 rings (SSSR count). The first-order valence-electron chi connectivity index (χ1n) is 32.3. The lowest BCUT2D eigenvalue weighted by Crippen LogP contribution is -2.44. The van der Waals surface area contributed by atoms with Crippen molar-refractivity contribution in [3.8, 4) is 0 Å². The number of carboxylic acid groups (broad SMARTS) is 1. The van der Waals surface area contributed by atoms with Gasteiger partial charge in [0.2, 0.25) is 0 Å². The Hall–Kier alpha value is -4.57. The Labute approximate surface area is 497 Å². The SMILES string of the molecule is CC/C=C\C/C=C\C/C=C\C/C=C\C/C=C\C/C=C\C/C=C\C/C=C\C/C=C\CCCCCCCCCC(=O)OC(COC(=O)CCCCCCCCCCC/C=C\C/C=C\CCCCCCC)COC(OCC[N+](C)(C)C)C(=O)[O-]. The molecule has 0 heterocycles. The van der Waals surface area contributed by atoms with Crippen LogP contribution in [0.5, 0.6) is 0 Å². The first-order valence-corrected chi connectivity index (χ1v) is 32.3. The Balaban J connectivity index is 4.25. The maximum absolute atomic E-state index is 12.9. The molecular formula is C72H119NO8. The number of rotatable bonds is 58. The average Bonchev–Trinajstić information content (AvgIpc) is 3.44. The van der Waals surface area contributed by atoms with Gasteiger partial charge in [0.15, 0.2) is 12.4 Å². The van der Waals surface area contributed by atoms with Crippen LogP contribution in [0.25, 0.3) is 0 Å². The van der Waals surface area contributed by atoms with E-state index in [1.54, 1.807) is 0 Å². The fourth-order valence-electron chi connectivity index (χ4n) is 8.44. The van der Waals surface area contributed by atoms with Crippen LogP contribution >= 0.6 is 0 Å². The number of carboxylic acids is 1. The second-order valence-corrected chi connectivity index (χ2v) is 22.3. The van der Waals surface area contributed by atoms with E-state index in [0.29, 0.717) is 17.4 Å². The molecule has 0 bridgehead atoms. The Bertz CT molecular complexity index is 1790. The van der Waals surface area contributed by atoms with E-state index < -0.39 is 24.3 Å². The van der Waals surface area contributed by atoms with Crippen LogP contribution in [0.2, 0.25) is 0 Å². The molecule has 0 aromatic rings. The van der Waals surface area contributed by atoms with Gasteiger partial charge in [0, 0.05) is 12.8 Å². The molecule has 81 heavy (non-hydrogen) atoms. The molecule has 9 heteroatoms. The number of carbonyl (C=O) groups is 3. The molecule has 0 aromatic heterocycles. The topological polar surface area (TPSA) is 111 Å². The zero-order chi connectivity index (χ0) is 59.1. The van der Waals surface area contributed by atoms with Crippen molar-refractivity contribution in [2.45, 2.75) is 257 Å². The Morgan fingerprint density at radius 3 is 1.05 bits per heavy atom. The van der Waals surface area contributed by atoms with Crippen molar-refractivity contribution >= 4 is 17.9 Å². The van der Waals surface area contributed by atoms with Gasteiger partial charge in [-0.2, -0.15) is 0 Å². The Morgan fingerprint density at radius 1 is 0.383 bits per heavy atom.